The van der Waals surface area contributed by atoms with Gasteiger partial charge >= 0.3 is 0 Å². The van der Waals surface area contributed by atoms with Gasteiger partial charge in [0, 0.05) is 25.9 Å². The summed E-state index contributed by atoms with van der Waals surface area (Å²) >= 11 is 15.3. The normalized spacial score (nSPS) is 13.4. The summed E-state index contributed by atoms with van der Waals surface area (Å²) in [6.07, 6.45) is 1.09. The van der Waals surface area contributed by atoms with E-state index in [1.54, 1.807) is 18.2 Å². The monoisotopic (exact) mass is 351 g/mol. The van der Waals surface area contributed by atoms with Crippen molar-refractivity contribution in [3.63, 3.8) is 0 Å². The molecule has 114 valence electrons. The standard InChI is InChI=1S/C11H11NO.C6H4Cl2S/c1-2-4-10-8(3-1)9-5-6-12-7-11(9)13-10;7-4-1-5(8)3-6(9)2-4/h1-4,12H,5-7H2;1-3,9H. The Balaban J connectivity index is 0.000000142. The third-order valence-electron chi connectivity index (χ3n) is 3.47. The van der Waals surface area contributed by atoms with Crippen LogP contribution >= 0.6 is 35.8 Å². The molecule has 4 rings (SSSR count). The molecule has 2 nitrogen and oxygen atoms in total. The first-order valence-corrected chi connectivity index (χ1v) is 8.19. The number of rotatable bonds is 0. The van der Waals surface area contributed by atoms with Crippen LogP contribution in [0.2, 0.25) is 10.0 Å². The Morgan fingerprint density at radius 1 is 1.05 bits per heavy atom. The number of furan rings is 1. The Labute approximate surface area is 144 Å². The lowest BCUT2D eigenvalue weighted by molar-refractivity contribution is 0.488. The van der Waals surface area contributed by atoms with Crippen LogP contribution in [0.4, 0.5) is 0 Å². The van der Waals surface area contributed by atoms with Crippen molar-refractivity contribution >= 4 is 46.8 Å². The summed E-state index contributed by atoms with van der Waals surface area (Å²) in [5.41, 5.74) is 2.42. The topological polar surface area (TPSA) is 25.2 Å². The molecule has 2 heterocycles. The Morgan fingerprint density at radius 2 is 1.77 bits per heavy atom. The molecule has 0 aliphatic carbocycles. The molecule has 0 saturated heterocycles. The van der Waals surface area contributed by atoms with Gasteiger partial charge in [-0.2, -0.15) is 0 Å². The first-order chi connectivity index (χ1) is 10.6. The number of hydrogen-bond donors (Lipinski definition) is 2. The zero-order chi connectivity index (χ0) is 15.5. The summed E-state index contributed by atoms with van der Waals surface area (Å²) in [6.45, 7) is 1.94. The number of halogens is 2. The van der Waals surface area contributed by atoms with E-state index in [2.05, 4.69) is 30.1 Å². The first kappa shape index (κ1) is 15.8. The van der Waals surface area contributed by atoms with Gasteiger partial charge in [-0.1, -0.05) is 41.4 Å². The van der Waals surface area contributed by atoms with Crippen LogP contribution in [0.5, 0.6) is 0 Å². The number of nitrogens with one attached hydrogen (secondary N) is 1. The number of thiol groups is 1. The van der Waals surface area contributed by atoms with Crippen molar-refractivity contribution in [2.45, 2.75) is 17.9 Å². The molecule has 0 amide bonds. The quantitative estimate of drug-likeness (QED) is 0.533. The van der Waals surface area contributed by atoms with Gasteiger partial charge in [0.05, 0.1) is 6.54 Å². The molecule has 0 spiro atoms. The second kappa shape index (κ2) is 6.97. The van der Waals surface area contributed by atoms with Crippen LogP contribution < -0.4 is 5.32 Å². The van der Waals surface area contributed by atoms with Gasteiger partial charge in [0.25, 0.3) is 0 Å². The van der Waals surface area contributed by atoms with Gasteiger partial charge in [-0.15, -0.1) is 12.6 Å². The van der Waals surface area contributed by atoms with Gasteiger partial charge in [-0.3, -0.25) is 0 Å². The minimum Gasteiger partial charge on any atom is -0.459 e. The largest absolute Gasteiger partial charge is 0.459 e. The van der Waals surface area contributed by atoms with E-state index < -0.39 is 0 Å². The maximum Gasteiger partial charge on any atom is 0.134 e. The zero-order valence-electron chi connectivity index (χ0n) is 11.8. The highest BCUT2D eigenvalue weighted by Gasteiger charge is 2.16. The summed E-state index contributed by atoms with van der Waals surface area (Å²) in [6, 6.07) is 13.4. The number of benzene rings is 2. The number of fused-ring (bicyclic) bond motifs is 3. The Bertz CT molecular complexity index is 750. The molecule has 22 heavy (non-hydrogen) atoms. The molecule has 0 unspecified atom stereocenters. The minimum atomic E-state index is 0.618. The molecule has 2 aromatic carbocycles. The van der Waals surface area contributed by atoms with Crippen LogP contribution in [-0.4, -0.2) is 6.54 Å². The molecule has 0 bridgehead atoms. The molecular weight excluding hydrogens is 337 g/mol. The molecule has 1 N–H and O–H groups in total. The highest BCUT2D eigenvalue weighted by molar-refractivity contribution is 7.80. The van der Waals surface area contributed by atoms with E-state index in [-0.39, 0.29) is 0 Å². The second-order valence-corrected chi connectivity index (χ2v) is 6.44. The van der Waals surface area contributed by atoms with Gasteiger partial charge < -0.3 is 9.73 Å². The summed E-state index contributed by atoms with van der Waals surface area (Å²) in [4.78, 5) is 0.785. The average molecular weight is 352 g/mol. The van der Waals surface area contributed by atoms with Crippen LogP contribution in [0, 0.1) is 0 Å². The van der Waals surface area contributed by atoms with E-state index in [1.807, 2.05) is 12.1 Å². The fraction of sp³-hybridized carbons (Fsp3) is 0.176. The van der Waals surface area contributed by atoms with Crippen LogP contribution in [-0.2, 0) is 13.0 Å². The third kappa shape index (κ3) is 3.61. The van der Waals surface area contributed by atoms with Crippen LogP contribution in [0.3, 0.4) is 0 Å². The molecule has 0 radical (unpaired) electrons. The van der Waals surface area contributed by atoms with Gasteiger partial charge in [-0.25, -0.2) is 0 Å². The van der Waals surface area contributed by atoms with Crippen molar-refractivity contribution in [1.82, 2.24) is 5.32 Å². The highest BCUT2D eigenvalue weighted by Crippen LogP contribution is 2.27. The zero-order valence-corrected chi connectivity index (χ0v) is 14.2. The maximum atomic E-state index is 5.73. The SMILES string of the molecule is Sc1cc(Cl)cc(Cl)c1.c1ccc2c3c(oc2c1)CNCC3. The predicted molar refractivity (Wildman–Crippen MR) is 95.3 cm³/mol. The van der Waals surface area contributed by atoms with Gasteiger partial charge in [0.15, 0.2) is 0 Å². The first-order valence-electron chi connectivity index (χ1n) is 6.98. The molecular formula is C17H15Cl2NOS. The lowest BCUT2D eigenvalue weighted by atomic mass is 10.1. The fourth-order valence-electron chi connectivity index (χ4n) is 2.52. The smallest absolute Gasteiger partial charge is 0.134 e. The molecule has 1 aliphatic rings. The summed E-state index contributed by atoms with van der Waals surface area (Å²) in [5.74, 6) is 1.12. The van der Waals surface area contributed by atoms with Crippen molar-refractivity contribution in [1.29, 1.82) is 0 Å². The summed E-state index contributed by atoms with van der Waals surface area (Å²) in [5, 5.41) is 5.83. The van der Waals surface area contributed by atoms with Gasteiger partial charge in [-0.05, 0) is 37.2 Å². The predicted octanol–water partition coefficient (Wildman–Crippen LogP) is 5.36. The minimum absolute atomic E-state index is 0.618. The fourth-order valence-corrected chi connectivity index (χ4v) is 3.48. The second-order valence-electron chi connectivity index (χ2n) is 5.05. The highest BCUT2D eigenvalue weighted by atomic mass is 35.5. The Kier molecular flexibility index (Phi) is 4.99. The number of para-hydroxylation sites is 1. The van der Waals surface area contributed by atoms with E-state index in [0.717, 1.165) is 35.7 Å². The Hall–Kier alpha value is -1.13. The lowest BCUT2D eigenvalue weighted by Gasteiger charge is -2.10. The summed E-state index contributed by atoms with van der Waals surface area (Å²) in [7, 11) is 0. The van der Waals surface area contributed by atoms with Gasteiger partial charge in [0.2, 0.25) is 0 Å². The lowest BCUT2D eigenvalue weighted by Crippen LogP contribution is -2.22. The van der Waals surface area contributed by atoms with Crippen LogP contribution in [0.25, 0.3) is 11.0 Å². The van der Waals surface area contributed by atoms with Crippen LogP contribution in [0.15, 0.2) is 51.8 Å². The third-order valence-corrected chi connectivity index (χ3v) is 4.16. The molecule has 0 fully saturated rings. The van der Waals surface area contributed by atoms with E-state index in [1.165, 1.54) is 10.9 Å². The van der Waals surface area contributed by atoms with E-state index in [4.69, 9.17) is 27.6 Å². The van der Waals surface area contributed by atoms with Crippen molar-refractivity contribution in [2.75, 3.05) is 6.54 Å². The van der Waals surface area contributed by atoms with E-state index in [9.17, 15) is 0 Å². The Morgan fingerprint density at radius 3 is 2.50 bits per heavy atom. The molecule has 5 heteroatoms. The average Bonchev–Trinajstić information content (AvgIpc) is 2.85. The molecule has 0 saturated carbocycles. The van der Waals surface area contributed by atoms with E-state index in [0.29, 0.717) is 10.0 Å². The number of hydrogen-bond acceptors (Lipinski definition) is 3. The molecule has 1 aromatic heterocycles. The van der Waals surface area contributed by atoms with Crippen molar-refractivity contribution in [3.05, 3.63) is 63.8 Å². The molecule has 0 atom stereocenters. The maximum absolute atomic E-state index is 5.73. The van der Waals surface area contributed by atoms with Gasteiger partial charge in [0.1, 0.15) is 11.3 Å². The van der Waals surface area contributed by atoms with Crippen molar-refractivity contribution in [3.8, 4) is 0 Å². The van der Waals surface area contributed by atoms with Crippen LogP contribution in [0.1, 0.15) is 11.3 Å². The van der Waals surface area contributed by atoms with E-state index >= 15 is 0 Å². The molecule has 3 aromatic rings. The summed E-state index contributed by atoms with van der Waals surface area (Å²) < 4.78 is 5.73. The van der Waals surface area contributed by atoms with Crippen molar-refractivity contribution < 1.29 is 4.42 Å². The molecule has 1 aliphatic heterocycles. The van der Waals surface area contributed by atoms with Crippen molar-refractivity contribution in [2.24, 2.45) is 0 Å².